The summed E-state index contributed by atoms with van der Waals surface area (Å²) in [5, 5.41) is 0. The molecular weight excluding hydrogens is 240 g/mol. The molecule has 0 aromatic rings. The maximum atomic E-state index is 11.1. The summed E-state index contributed by atoms with van der Waals surface area (Å²) < 4.78 is 23.6. The molecule has 5 nitrogen and oxygen atoms in total. The molecule has 17 heavy (non-hydrogen) atoms. The summed E-state index contributed by atoms with van der Waals surface area (Å²) in [5.41, 5.74) is 0. The van der Waals surface area contributed by atoms with E-state index in [0.717, 1.165) is 0 Å². The molecule has 0 aliphatic carbocycles. The molecule has 1 aliphatic rings. The van der Waals surface area contributed by atoms with Crippen LogP contribution < -0.4 is 0 Å². The quantitative estimate of drug-likeness (QED) is 0.715. The molecule has 1 rings (SSSR count). The van der Waals surface area contributed by atoms with Gasteiger partial charge in [-0.1, -0.05) is 27.7 Å². The summed E-state index contributed by atoms with van der Waals surface area (Å²) in [5.74, 6) is 0.00755. The molecule has 1 saturated heterocycles. The van der Waals surface area contributed by atoms with E-state index in [1.165, 1.54) is 17.5 Å². The van der Waals surface area contributed by atoms with E-state index in [9.17, 15) is 13.2 Å². The van der Waals surface area contributed by atoms with Crippen LogP contribution in [0, 0.1) is 0 Å². The molecule has 0 saturated carbocycles. The van der Waals surface area contributed by atoms with E-state index in [1.807, 2.05) is 27.7 Å². The number of nitrogens with zero attached hydrogens (tertiary/aromatic N) is 2. The zero-order valence-electron chi connectivity index (χ0n) is 11.9. The standard InChI is InChI=1S/C7H14N2O3S.2C2H6/c1-7(10)8-3-5-9(6-4-8)13(2,11)12;2*1-2/h3-6H2,1-2H3;2*1-2H3. The Labute approximate surface area is 106 Å². The lowest BCUT2D eigenvalue weighted by molar-refractivity contribution is -0.129. The zero-order valence-corrected chi connectivity index (χ0v) is 12.7. The highest BCUT2D eigenvalue weighted by Crippen LogP contribution is 2.05. The average molecular weight is 266 g/mol. The number of amides is 1. The Balaban J connectivity index is 0. The first kappa shape index (κ1) is 18.7. The number of piperazine rings is 1. The van der Waals surface area contributed by atoms with E-state index in [-0.39, 0.29) is 5.91 Å². The van der Waals surface area contributed by atoms with Crippen molar-refractivity contribution in [3.63, 3.8) is 0 Å². The fraction of sp³-hybridized carbons (Fsp3) is 0.909. The highest BCUT2D eigenvalue weighted by Gasteiger charge is 2.23. The first-order valence-corrected chi connectivity index (χ1v) is 7.97. The Kier molecular flexibility index (Phi) is 10.4. The molecule has 1 aliphatic heterocycles. The molecule has 0 spiro atoms. The molecule has 6 heteroatoms. The van der Waals surface area contributed by atoms with Gasteiger partial charge < -0.3 is 4.90 Å². The number of sulfonamides is 1. The Morgan fingerprint density at radius 2 is 1.29 bits per heavy atom. The summed E-state index contributed by atoms with van der Waals surface area (Å²) in [4.78, 5) is 12.6. The lowest BCUT2D eigenvalue weighted by Crippen LogP contribution is -2.49. The van der Waals surface area contributed by atoms with Gasteiger partial charge in [-0.25, -0.2) is 8.42 Å². The van der Waals surface area contributed by atoms with Gasteiger partial charge in [0.1, 0.15) is 0 Å². The van der Waals surface area contributed by atoms with Crippen molar-refractivity contribution in [2.24, 2.45) is 0 Å². The van der Waals surface area contributed by atoms with Crippen molar-refractivity contribution in [3.8, 4) is 0 Å². The fourth-order valence-electron chi connectivity index (χ4n) is 1.33. The minimum Gasteiger partial charge on any atom is -0.340 e. The average Bonchev–Trinajstić information content (AvgIpc) is 2.33. The van der Waals surface area contributed by atoms with Crippen LogP contribution >= 0.6 is 0 Å². The molecule has 0 aromatic carbocycles. The molecule has 0 aromatic heterocycles. The molecule has 0 unspecified atom stereocenters. The van der Waals surface area contributed by atoms with E-state index in [2.05, 4.69) is 0 Å². The van der Waals surface area contributed by atoms with Gasteiger partial charge in [-0.3, -0.25) is 4.79 Å². The summed E-state index contributed by atoms with van der Waals surface area (Å²) in [7, 11) is -3.08. The van der Waals surface area contributed by atoms with Crippen LogP contribution in [0.15, 0.2) is 0 Å². The van der Waals surface area contributed by atoms with Crippen molar-refractivity contribution in [2.75, 3.05) is 32.4 Å². The Morgan fingerprint density at radius 1 is 0.941 bits per heavy atom. The van der Waals surface area contributed by atoms with Gasteiger partial charge in [0.25, 0.3) is 0 Å². The Hall–Kier alpha value is -0.620. The molecule has 0 radical (unpaired) electrons. The number of rotatable bonds is 1. The summed E-state index contributed by atoms with van der Waals surface area (Å²) in [6.07, 6.45) is 1.19. The largest absolute Gasteiger partial charge is 0.340 e. The van der Waals surface area contributed by atoms with E-state index >= 15 is 0 Å². The van der Waals surface area contributed by atoms with Crippen molar-refractivity contribution in [1.29, 1.82) is 0 Å². The second-order valence-electron chi connectivity index (χ2n) is 3.17. The normalized spacial score (nSPS) is 16.2. The van der Waals surface area contributed by atoms with E-state index < -0.39 is 10.0 Å². The molecule has 1 amide bonds. The van der Waals surface area contributed by atoms with Crippen LogP contribution in [-0.2, 0) is 14.8 Å². The summed E-state index contributed by atoms with van der Waals surface area (Å²) >= 11 is 0. The maximum absolute atomic E-state index is 11.1. The van der Waals surface area contributed by atoms with Crippen LogP contribution in [0.4, 0.5) is 0 Å². The minimum absolute atomic E-state index is 0.00755. The van der Waals surface area contributed by atoms with E-state index in [0.29, 0.717) is 26.2 Å². The van der Waals surface area contributed by atoms with Gasteiger partial charge in [-0.2, -0.15) is 4.31 Å². The van der Waals surface area contributed by atoms with Gasteiger partial charge >= 0.3 is 0 Å². The third-order valence-corrected chi connectivity index (χ3v) is 3.46. The molecular formula is C11H26N2O3S. The van der Waals surface area contributed by atoms with Gasteiger partial charge in [0.2, 0.25) is 15.9 Å². The van der Waals surface area contributed by atoms with Gasteiger partial charge in [-0.05, 0) is 0 Å². The van der Waals surface area contributed by atoms with Gasteiger partial charge in [-0.15, -0.1) is 0 Å². The van der Waals surface area contributed by atoms with Gasteiger partial charge in [0.15, 0.2) is 0 Å². The van der Waals surface area contributed by atoms with Crippen LogP contribution in [0.1, 0.15) is 34.6 Å². The Morgan fingerprint density at radius 3 is 1.53 bits per heavy atom. The van der Waals surface area contributed by atoms with Crippen molar-refractivity contribution >= 4 is 15.9 Å². The molecule has 0 N–H and O–H groups in total. The topological polar surface area (TPSA) is 57.7 Å². The molecule has 1 fully saturated rings. The molecule has 104 valence electrons. The van der Waals surface area contributed by atoms with E-state index in [4.69, 9.17) is 0 Å². The first-order chi connectivity index (χ1) is 7.91. The van der Waals surface area contributed by atoms with Crippen LogP contribution in [0.25, 0.3) is 0 Å². The predicted octanol–water partition coefficient (Wildman–Crippen LogP) is 1.16. The van der Waals surface area contributed by atoms with Crippen LogP contribution in [0.3, 0.4) is 0 Å². The Bertz CT molecular complexity index is 294. The van der Waals surface area contributed by atoms with Crippen molar-refractivity contribution < 1.29 is 13.2 Å². The van der Waals surface area contributed by atoms with Crippen LogP contribution in [-0.4, -0.2) is 56.0 Å². The highest BCUT2D eigenvalue weighted by molar-refractivity contribution is 7.88. The van der Waals surface area contributed by atoms with Crippen LogP contribution in [0.5, 0.6) is 0 Å². The van der Waals surface area contributed by atoms with Crippen molar-refractivity contribution in [1.82, 2.24) is 9.21 Å². The summed E-state index contributed by atoms with van der Waals surface area (Å²) in [6, 6.07) is 0. The molecule has 1 heterocycles. The third-order valence-electron chi connectivity index (χ3n) is 2.15. The molecule has 0 atom stereocenters. The second kappa shape index (κ2) is 9.41. The number of carbonyl (C=O) groups is 1. The van der Waals surface area contributed by atoms with Crippen molar-refractivity contribution in [3.05, 3.63) is 0 Å². The lowest BCUT2D eigenvalue weighted by Gasteiger charge is -2.32. The zero-order chi connectivity index (χ0) is 14.1. The number of hydrogen-bond donors (Lipinski definition) is 0. The summed E-state index contributed by atoms with van der Waals surface area (Å²) in [6.45, 7) is 11.3. The SMILES string of the molecule is CC.CC.CC(=O)N1CCN(S(C)(=O)=O)CC1. The van der Waals surface area contributed by atoms with Gasteiger partial charge in [0.05, 0.1) is 6.26 Å². The maximum Gasteiger partial charge on any atom is 0.219 e. The second-order valence-corrected chi connectivity index (χ2v) is 5.15. The third kappa shape index (κ3) is 7.33. The molecule has 0 bridgehead atoms. The lowest BCUT2D eigenvalue weighted by atomic mass is 10.3. The monoisotopic (exact) mass is 266 g/mol. The van der Waals surface area contributed by atoms with Gasteiger partial charge in [0, 0.05) is 33.1 Å². The highest BCUT2D eigenvalue weighted by atomic mass is 32.2. The van der Waals surface area contributed by atoms with Crippen LogP contribution in [0.2, 0.25) is 0 Å². The predicted molar refractivity (Wildman–Crippen MR) is 71.4 cm³/mol. The number of hydrogen-bond acceptors (Lipinski definition) is 3. The van der Waals surface area contributed by atoms with E-state index in [1.54, 1.807) is 4.90 Å². The number of carbonyl (C=O) groups excluding carboxylic acids is 1. The fourth-order valence-corrected chi connectivity index (χ4v) is 2.16. The minimum atomic E-state index is -3.08. The van der Waals surface area contributed by atoms with Crippen molar-refractivity contribution in [2.45, 2.75) is 34.6 Å². The smallest absolute Gasteiger partial charge is 0.219 e. The first-order valence-electron chi connectivity index (χ1n) is 6.12.